The summed E-state index contributed by atoms with van der Waals surface area (Å²) in [6, 6.07) is 7.85. The second kappa shape index (κ2) is 4.05. The maximum atomic E-state index is 13.3. The number of H-pyrrole nitrogens is 1. The molecule has 0 spiro atoms. The van der Waals surface area contributed by atoms with Gasteiger partial charge in [-0.2, -0.15) is 4.39 Å². The first-order valence-electron chi connectivity index (χ1n) is 6.02. The smallest absolute Gasteiger partial charge is 0.287 e. The Morgan fingerprint density at radius 2 is 2.06 bits per heavy atom. The highest BCUT2D eigenvalue weighted by molar-refractivity contribution is 5.62. The van der Waals surface area contributed by atoms with Crippen LogP contribution in [-0.4, -0.2) is 9.97 Å². The predicted molar refractivity (Wildman–Crippen MR) is 67.0 cm³/mol. The molecule has 0 saturated heterocycles. The van der Waals surface area contributed by atoms with Crippen LogP contribution >= 0.6 is 0 Å². The fraction of sp³-hybridized carbons (Fsp3) is 0.286. The van der Waals surface area contributed by atoms with Crippen LogP contribution in [0, 0.1) is 12.7 Å². The van der Waals surface area contributed by atoms with Crippen LogP contribution in [-0.2, 0) is 0 Å². The van der Waals surface area contributed by atoms with E-state index in [1.54, 1.807) is 0 Å². The monoisotopic (exact) mass is 244 g/mol. The zero-order valence-corrected chi connectivity index (χ0v) is 10.0. The third-order valence-electron chi connectivity index (χ3n) is 3.26. The van der Waals surface area contributed by atoms with Crippen LogP contribution in [0.15, 0.2) is 29.1 Å². The molecular weight excluding hydrogens is 231 g/mol. The molecule has 0 atom stereocenters. The molecule has 2 aromatic rings. The number of nitrogens with one attached hydrogen (secondary N) is 1. The van der Waals surface area contributed by atoms with E-state index in [-0.39, 0.29) is 5.69 Å². The minimum absolute atomic E-state index is 0.138. The SMILES string of the molecule is Cc1nc(-c2ccccc2C2CC2)[nH]c(=O)c1F. The van der Waals surface area contributed by atoms with Crippen molar-refractivity contribution in [3.8, 4) is 11.4 Å². The Labute approximate surface area is 104 Å². The molecule has 0 unspecified atom stereocenters. The number of hydrogen-bond donors (Lipinski definition) is 1. The Morgan fingerprint density at radius 1 is 1.33 bits per heavy atom. The van der Waals surface area contributed by atoms with Crippen LogP contribution in [0.4, 0.5) is 4.39 Å². The molecule has 1 N–H and O–H groups in total. The summed E-state index contributed by atoms with van der Waals surface area (Å²) in [6.07, 6.45) is 2.34. The highest BCUT2D eigenvalue weighted by atomic mass is 19.1. The summed E-state index contributed by atoms with van der Waals surface area (Å²) in [4.78, 5) is 18.1. The number of aryl methyl sites for hydroxylation is 1. The summed E-state index contributed by atoms with van der Waals surface area (Å²) in [6.45, 7) is 1.51. The summed E-state index contributed by atoms with van der Waals surface area (Å²) in [7, 11) is 0. The average Bonchev–Trinajstić information content (AvgIpc) is 3.19. The number of aromatic amines is 1. The zero-order chi connectivity index (χ0) is 12.7. The van der Waals surface area contributed by atoms with Crippen LogP contribution in [0.5, 0.6) is 0 Å². The molecule has 1 saturated carbocycles. The van der Waals surface area contributed by atoms with Crippen LogP contribution in [0.25, 0.3) is 11.4 Å². The molecule has 1 aliphatic rings. The molecule has 18 heavy (non-hydrogen) atoms. The first-order chi connectivity index (χ1) is 8.66. The summed E-state index contributed by atoms with van der Waals surface area (Å²) < 4.78 is 13.3. The minimum Gasteiger partial charge on any atom is -0.304 e. The van der Waals surface area contributed by atoms with E-state index >= 15 is 0 Å². The topological polar surface area (TPSA) is 45.8 Å². The van der Waals surface area contributed by atoms with Crippen LogP contribution in [0.3, 0.4) is 0 Å². The van der Waals surface area contributed by atoms with Crippen molar-refractivity contribution in [2.75, 3.05) is 0 Å². The van der Waals surface area contributed by atoms with Crippen molar-refractivity contribution < 1.29 is 4.39 Å². The lowest BCUT2D eigenvalue weighted by molar-refractivity contribution is 0.589. The van der Waals surface area contributed by atoms with Crippen molar-refractivity contribution in [3.63, 3.8) is 0 Å². The van der Waals surface area contributed by atoms with E-state index in [9.17, 15) is 9.18 Å². The van der Waals surface area contributed by atoms with Crippen molar-refractivity contribution in [2.24, 2.45) is 0 Å². The van der Waals surface area contributed by atoms with Gasteiger partial charge in [-0.1, -0.05) is 24.3 Å². The molecule has 0 aliphatic heterocycles. The number of halogens is 1. The highest BCUT2D eigenvalue weighted by Gasteiger charge is 2.26. The summed E-state index contributed by atoms with van der Waals surface area (Å²) in [5.41, 5.74) is 1.52. The van der Waals surface area contributed by atoms with Gasteiger partial charge in [-0.05, 0) is 31.2 Å². The van der Waals surface area contributed by atoms with Crippen molar-refractivity contribution in [2.45, 2.75) is 25.7 Å². The second-order valence-electron chi connectivity index (χ2n) is 4.68. The largest absolute Gasteiger partial charge is 0.304 e. The van der Waals surface area contributed by atoms with Gasteiger partial charge in [0.15, 0.2) is 0 Å². The molecule has 1 fully saturated rings. The summed E-state index contributed by atoms with van der Waals surface area (Å²) >= 11 is 0. The molecule has 1 aromatic carbocycles. The molecule has 3 nitrogen and oxygen atoms in total. The van der Waals surface area contributed by atoms with Crippen LogP contribution in [0.2, 0.25) is 0 Å². The number of benzene rings is 1. The van der Waals surface area contributed by atoms with Crippen molar-refractivity contribution in [3.05, 3.63) is 51.7 Å². The van der Waals surface area contributed by atoms with Crippen LogP contribution in [0.1, 0.15) is 30.0 Å². The van der Waals surface area contributed by atoms with Crippen molar-refractivity contribution in [1.29, 1.82) is 0 Å². The third-order valence-corrected chi connectivity index (χ3v) is 3.26. The molecule has 1 aliphatic carbocycles. The number of nitrogens with zero attached hydrogens (tertiary/aromatic N) is 1. The fourth-order valence-electron chi connectivity index (χ4n) is 2.16. The zero-order valence-electron chi connectivity index (χ0n) is 10.0. The van der Waals surface area contributed by atoms with Crippen LogP contribution < -0.4 is 5.56 Å². The standard InChI is InChI=1S/C14H13FN2O/c1-8-12(15)14(18)17-13(16-8)11-5-3-2-4-10(11)9-6-7-9/h2-5,9H,6-7H2,1H3,(H,16,17,18). The highest BCUT2D eigenvalue weighted by Crippen LogP contribution is 2.43. The fourth-order valence-corrected chi connectivity index (χ4v) is 2.16. The van der Waals surface area contributed by atoms with Gasteiger partial charge in [0, 0.05) is 5.56 Å². The van der Waals surface area contributed by atoms with E-state index in [1.165, 1.54) is 25.3 Å². The van der Waals surface area contributed by atoms with Gasteiger partial charge in [0.05, 0.1) is 5.69 Å². The van der Waals surface area contributed by atoms with E-state index in [2.05, 4.69) is 9.97 Å². The van der Waals surface area contributed by atoms with Gasteiger partial charge in [-0.25, -0.2) is 4.98 Å². The molecule has 0 bridgehead atoms. The molecule has 3 rings (SSSR count). The predicted octanol–water partition coefficient (Wildman–Crippen LogP) is 2.76. The molecule has 0 amide bonds. The van der Waals surface area contributed by atoms with Gasteiger partial charge >= 0.3 is 0 Å². The van der Waals surface area contributed by atoms with E-state index in [4.69, 9.17) is 0 Å². The Morgan fingerprint density at radius 3 is 2.72 bits per heavy atom. The lowest BCUT2D eigenvalue weighted by atomic mass is 10.0. The Hall–Kier alpha value is -1.97. The van der Waals surface area contributed by atoms with E-state index in [0.29, 0.717) is 11.7 Å². The molecule has 4 heteroatoms. The van der Waals surface area contributed by atoms with E-state index in [1.807, 2.05) is 24.3 Å². The molecule has 0 radical (unpaired) electrons. The van der Waals surface area contributed by atoms with Gasteiger partial charge in [-0.3, -0.25) is 4.79 Å². The Balaban J connectivity index is 2.18. The van der Waals surface area contributed by atoms with Crippen molar-refractivity contribution >= 4 is 0 Å². The second-order valence-corrected chi connectivity index (χ2v) is 4.68. The molecular formula is C14H13FN2O. The van der Waals surface area contributed by atoms with E-state index < -0.39 is 11.4 Å². The van der Waals surface area contributed by atoms with Gasteiger partial charge in [0.1, 0.15) is 5.82 Å². The molecule has 1 heterocycles. The van der Waals surface area contributed by atoms with Gasteiger partial charge < -0.3 is 4.98 Å². The van der Waals surface area contributed by atoms with Crippen molar-refractivity contribution in [1.82, 2.24) is 9.97 Å². The lowest BCUT2D eigenvalue weighted by Crippen LogP contribution is -2.15. The Bertz CT molecular complexity index is 659. The first kappa shape index (κ1) is 11.1. The number of aromatic nitrogens is 2. The van der Waals surface area contributed by atoms with Gasteiger partial charge in [0.2, 0.25) is 5.82 Å². The normalized spacial score (nSPS) is 14.8. The lowest BCUT2D eigenvalue weighted by Gasteiger charge is -2.08. The number of rotatable bonds is 2. The van der Waals surface area contributed by atoms with Gasteiger partial charge in [-0.15, -0.1) is 0 Å². The molecule has 92 valence electrons. The minimum atomic E-state index is -0.803. The summed E-state index contributed by atoms with van der Waals surface area (Å²) in [5.74, 6) is 0.209. The third kappa shape index (κ3) is 1.83. The molecule has 1 aromatic heterocycles. The Kier molecular flexibility index (Phi) is 2.51. The summed E-state index contributed by atoms with van der Waals surface area (Å²) in [5, 5.41) is 0. The van der Waals surface area contributed by atoms with Gasteiger partial charge in [0.25, 0.3) is 5.56 Å². The average molecular weight is 244 g/mol. The maximum absolute atomic E-state index is 13.3. The quantitative estimate of drug-likeness (QED) is 0.882. The number of hydrogen-bond acceptors (Lipinski definition) is 2. The maximum Gasteiger partial charge on any atom is 0.287 e. The van der Waals surface area contributed by atoms with E-state index in [0.717, 1.165) is 5.56 Å². The first-order valence-corrected chi connectivity index (χ1v) is 6.02.